The monoisotopic (exact) mass is 329 g/mol. The molecule has 1 saturated carbocycles. The first-order valence-electron chi connectivity index (χ1n) is 8.52. The van der Waals surface area contributed by atoms with Crippen LogP contribution >= 0.6 is 0 Å². The molecule has 1 unspecified atom stereocenters. The summed E-state index contributed by atoms with van der Waals surface area (Å²) in [6.07, 6.45) is 5.73. The van der Waals surface area contributed by atoms with Gasteiger partial charge < -0.3 is 9.47 Å². The third-order valence-corrected chi connectivity index (χ3v) is 5.00. The summed E-state index contributed by atoms with van der Waals surface area (Å²) in [5.41, 5.74) is 2.06. The van der Waals surface area contributed by atoms with Crippen molar-refractivity contribution >= 4 is 10.9 Å². The Morgan fingerprint density at radius 2 is 2.12 bits per heavy atom. The molecule has 24 heavy (non-hydrogen) atoms. The van der Waals surface area contributed by atoms with E-state index in [1.165, 1.54) is 24.1 Å². The van der Waals surface area contributed by atoms with Gasteiger partial charge in [-0.15, -0.1) is 0 Å². The van der Waals surface area contributed by atoms with Gasteiger partial charge in [0.2, 0.25) is 0 Å². The van der Waals surface area contributed by atoms with E-state index < -0.39 is 0 Å². The minimum absolute atomic E-state index is 0.269. The highest BCUT2D eigenvalue weighted by atomic mass is 19.1. The predicted octanol–water partition coefficient (Wildman–Crippen LogP) is 4.97. The van der Waals surface area contributed by atoms with Gasteiger partial charge in [-0.2, -0.15) is 0 Å². The molecule has 3 atom stereocenters. The Hall–Kier alpha value is -2.10. The molecular formula is C20H24FNO2. The van der Waals surface area contributed by atoms with Crippen LogP contribution in [-0.4, -0.2) is 18.7 Å². The number of benzene rings is 1. The van der Waals surface area contributed by atoms with E-state index in [-0.39, 0.29) is 5.82 Å². The number of ether oxygens (including phenoxy) is 2. The highest BCUT2D eigenvalue weighted by Gasteiger charge is 2.48. The summed E-state index contributed by atoms with van der Waals surface area (Å²) in [6.45, 7) is 5.00. The second-order valence-corrected chi connectivity index (χ2v) is 6.47. The smallest absolute Gasteiger partial charge is 0.130 e. The van der Waals surface area contributed by atoms with Crippen LogP contribution in [0.3, 0.4) is 0 Å². The van der Waals surface area contributed by atoms with E-state index in [1.807, 2.05) is 6.26 Å². The predicted molar refractivity (Wildman–Crippen MR) is 93.3 cm³/mol. The number of pyridine rings is 1. The molecule has 0 saturated heterocycles. The zero-order valence-corrected chi connectivity index (χ0v) is 14.5. The largest absolute Gasteiger partial charge is 0.504 e. The number of hydrogen-bond acceptors (Lipinski definition) is 3. The maximum Gasteiger partial charge on any atom is 0.130 e. The van der Waals surface area contributed by atoms with Gasteiger partial charge in [0, 0.05) is 11.6 Å². The molecule has 0 N–H and O–H groups in total. The number of halogens is 1. The fourth-order valence-corrected chi connectivity index (χ4v) is 3.86. The molecule has 3 rings (SSSR count). The van der Waals surface area contributed by atoms with Gasteiger partial charge in [0.1, 0.15) is 11.6 Å². The van der Waals surface area contributed by atoms with Crippen LogP contribution in [0, 0.1) is 23.6 Å². The van der Waals surface area contributed by atoms with Crippen LogP contribution in [0.2, 0.25) is 0 Å². The molecule has 1 aliphatic rings. The number of aromatic nitrogens is 1. The number of allylic oxidation sites excluding steroid dienone is 1. The molecule has 4 heteroatoms. The van der Waals surface area contributed by atoms with Crippen LogP contribution in [0.5, 0.6) is 5.75 Å². The van der Waals surface area contributed by atoms with Crippen LogP contribution in [0.25, 0.3) is 10.9 Å². The van der Waals surface area contributed by atoms with Crippen molar-refractivity contribution in [3.05, 3.63) is 48.1 Å². The van der Waals surface area contributed by atoms with E-state index in [9.17, 15) is 4.39 Å². The molecule has 1 aliphatic carbocycles. The number of rotatable bonds is 7. The van der Waals surface area contributed by atoms with Crippen molar-refractivity contribution < 1.29 is 13.9 Å². The van der Waals surface area contributed by atoms with E-state index in [0.29, 0.717) is 30.1 Å². The molecule has 1 aromatic heterocycles. The van der Waals surface area contributed by atoms with Crippen molar-refractivity contribution in [1.29, 1.82) is 0 Å². The lowest BCUT2D eigenvalue weighted by Crippen LogP contribution is -2.01. The van der Waals surface area contributed by atoms with Gasteiger partial charge in [0.15, 0.2) is 0 Å². The van der Waals surface area contributed by atoms with Crippen LogP contribution in [0.4, 0.5) is 4.39 Å². The Balaban J connectivity index is 1.63. The quantitative estimate of drug-likeness (QED) is 0.672. The third-order valence-electron chi connectivity index (χ3n) is 5.00. The first-order valence-corrected chi connectivity index (χ1v) is 8.52. The molecule has 3 nitrogen and oxygen atoms in total. The number of fused-ring (bicyclic) bond motifs is 1. The van der Waals surface area contributed by atoms with Gasteiger partial charge in [-0.1, -0.05) is 13.3 Å². The third kappa shape index (κ3) is 3.37. The lowest BCUT2D eigenvalue weighted by molar-refractivity contribution is 0.299. The maximum atomic E-state index is 13.5. The van der Waals surface area contributed by atoms with Gasteiger partial charge in [-0.25, -0.2) is 4.39 Å². The fraction of sp³-hybridized carbons (Fsp3) is 0.450. The molecule has 128 valence electrons. The normalized spacial score (nSPS) is 23.3. The van der Waals surface area contributed by atoms with Crippen molar-refractivity contribution in [2.24, 2.45) is 17.8 Å². The van der Waals surface area contributed by atoms with Crippen molar-refractivity contribution in [2.75, 3.05) is 13.7 Å². The molecule has 0 bridgehead atoms. The summed E-state index contributed by atoms with van der Waals surface area (Å²) in [5.74, 6) is 2.39. The Labute approximate surface area is 142 Å². The maximum absolute atomic E-state index is 13.5. The second kappa shape index (κ2) is 7.20. The summed E-state index contributed by atoms with van der Waals surface area (Å²) < 4.78 is 24.6. The first-order chi connectivity index (χ1) is 11.7. The molecule has 0 aliphatic heterocycles. The standard InChI is InChI=1S/C20H24FNO2/c1-4-15-16(20(15)13(2)12-23-3)8-10-24-19-7-9-22-18-6-5-14(21)11-17(18)19/h5-7,9,11-12,15-16,20H,4,8,10H2,1-3H3/b13-12-/t15-,16?,20+/m1/s1. The summed E-state index contributed by atoms with van der Waals surface area (Å²) in [4.78, 5) is 4.25. The molecule has 0 radical (unpaired) electrons. The van der Waals surface area contributed by atoms with Gasteiger partial charge >= 0.3 is 0 Å². The summed E-state index contributed by atoms with van der Waals surface area (Å²) in [5, 5.41) is 0.729. The number of methoxy groups -OCH3 is 1. The summed E-state index contributed by atoms with van der Waals surface area (Å²) >= 11 is 0. The van der Waals surface area contributed by atoms with Crippen molar-refractivity contribution in [2.45, 2.75) is 26.7 Å². The Bertz CT molecular complexity index is 743. The topological polar surface area (TPSA) is 31.4 Å². The van der Waals surface area contributed by atoms with Crippen LogP contribution in [-0.2, 0) is 4.74 Å². The first kappa shape index (κ1) is 16.7. The molecule has 2 aromatic rings. The minimum atomic E-state index is -0.269. The van der Waals surface area contributed by atoms with Gasteiger partial charge in [-0.3, -0.25) is 4.98 Å². The lowest BCUT2D eigenvalue weighted by atomic mass is 10.1. The molecule has 0 amide bonds. The zero-order valence-electron chi connectivity index (χ0n) is 14.5. The van der Waals surface area contributed by atoms with E-state index in [1.54, 1.807) is 25.4 Å². The van der Waals surface area contributed by atoms with Gasteiger partial charge in [0.25, 0.3) is 0 Å². The molecule has 1 fully saturated rings. The minimum Gasteiger partial charge on any atom is -0.504 e. The van der Waals surface area contributed by atoms with Crippen LogP contribution in [0.15, 0.2) is 42.3 Å². The Morgan fingerprint density at radius 1 is 1.29 bits per heavy atom. The molecule has 1 heterocycles. The summed E-state index contributed by atoms with van der Waals surface area (Å²) in [7, 11) is 1.69. The number of nitrogens with zero attached hydrogens (tertiary/aromatic N) is 1. The van der Waals surface area contributed by atoms with E-state index in [0.717, 1.165) is 17.3 Å². The Kier molecular flexibility index (Phi) is 5.03. The highest BCUT2D eigenvalue weighted by Crippen LogP contribution is 2.54. The van der Waals surface area contributed by atoms with E-state index in [2.05, 4.69) is 18.8 Å². The molecule has 0 spiro atoms. The average Bonchev–Trinajstić information content (AvgIpc) is 3.28. The molecular weight excluding hydrogens is 305 g/mol. The zero-order chi connectivity index (χ0) is 17.1. The molecule has 1 aromatic carbocycles. The van der Waals surface area contributed by atoms with Crippen molar-refractivity contribution in [3.8, 4) is 5.75 Å². The highest BCUT2D eigenvalue weighted by molar-refractivity contribution is 5.84. The second-order valence-electron chi connectivity index (χ2n) is 6.47. The number of hydrogen-bond donors (Lipinski definition) is 0. The van der Waals surface area contributed by atoms with Crippen molar-refractivity contribution in [1.82, 2.24) is 4.98 Å². The Morgan fingerprint density at radius 3 is 2.88 bits per heavy atom. The lowest BCUT2D eigenvalue weighted by Gasteiger charge is -2.09. The van der Waals surface area contributed by atoms with E-state index in [4.69, 9.17) is 9.47 Å². The SMILES string of the molecule is CC[C@@H]1C(CCOc2ccnc3ccc(F)cc23)[C@H]1/C(C)=C\OC. The van der Waals surface area contributed by atoms with Crippen molar-refractivity contribution in [3.63, 3.8) is 0 Å². The van der Waals surface area contributed by atoms with E-state index >= 15 is 0 Å². The van der Waals surface area contributed by atoms with Crippen LogP contribution in [0.1, 0.15) is 26.7 Å². The summed E-state index contributed by atoms with van der Waals surface area (Å²) in [6, 6.07) is 6.39. The fourth-order valence-electron chi connectivity index (χ4n) is 3.86. The van der Waals surface area contributed by atoms with Crippen LogP contribution < -0.4 is 4.74 Å². The van der Waals surface area contributed by atoms with Gasteiger partial charge in [-0.05, 0) is 60.9 Å². The van der Waals surface area contributed by atoms with Gasteiger partial charge in [0.05, 0.1) is 25.5 Å². The average molecular weight is 329 g/mol.